The molecule has 1 unspecified atom stereocenters. The zero-order valence-electron chi connectivity index (χ0n) is 21.9. The molecule has 1 saturated carbocycles. The number of rotatable bonds is 7. The lowest BCUT2D eigenvalue weighted by Gasteiger charge is -2.26. The number of pyridine rings is 1. The fourth-order valence-corrected chi connectivity index (χ4v) is 5.50. The highest BCUT2D eigenvalue weighted by Gasteiger charge is 2.26. The Morgan fingerprint density at radius 1 is 1.08 bits per heavy atom. The molecule has 3 fully saturated rings. The van der Waals surface area contributed by atoms with Crippen LogP contribution in [0.4, 0.5) is 5.69 Å². The van der Waals surface area contributed by atoms with Gasteiger partial charge in [-0.25, -0.2) is 9.50 Å². The smallest absolute Gasteiger partial charge is 0.261 e. The summed E-state index contributed by atoms with van der Waals surface area (Å²) in [7, 11) is 0. The highest BCUT2D eigenvalue weighted by atomic mass is 16.5. The molecule has 2 aliphatic heterocycles. The summed E-state index contributed by atoms with van der Waals surface area (Å²) in [5, 5.41) is 12.9. The van der Waals surface area contributed by atoms with Crippen LogP contribution in [0.5, 0.6) is 5.88 Å². The second kappa shape index (κ2) is 10.5. The molecule has 0 bridgehead atoms. The van der Waals surface area contributed by atoms with Gasteiger partial charge in [0.15, 0.2) is 11.3 Å². The van der Waals surface area contributed by atoms with Crippen molar-refractivity contribution in [3.8, 4) is 5.88 Å². The molecular weight excluding hydrogens is 498 g/mol. The maximum atomic E-state index is 13.6. The maximum absolute atomic E-state index is 13.6. The van der Waals surface area contributed by atoms with Gasteiger partial charge >= 0.3 is 0 Å². The van der Waals surface area contributed by atoms with E-state index in [1.807, 2.05) is 29.3 Å². The molecule has 2 saturated heterocycles. The molecule has 6 heterocycles. The van der Waals surface area contributed by atoms with Crippen molar-refractivity contribution in [3.05, 3.63) is 42.0 Å². The molecule has 1 N–H and O–H groups in total. The van der Waals surface area contributed by atoms with E-state index in [-0.39, 0.29) is 24.2 Å². The summed E-state index contributed by atoms with van der Waals surface area (Å²) in [6, 6.07) is 1.99. The second-order valence-electron chi connectivity index (χ2n) is 10.8. The average Bonchev–Trinajstić information content (AvgIpc) is 3.54. The molecule has 1 amide bonds. The summed E-state index contributed by atoms with van der Waals surface area (Å²) in [4.78, 5) is 22.9. The molecule has 11 nitrogen and oxygen atoms in total. The summed E-state index contributed by atoms with van der Waals surface area (Å²) >= 11 is 0. The van der Waals surface area contributed by atoms with Gasteiger partial charge in [0.05, 0.1) is 24.9 Å². The highest BCUT2D eigenvalue weighted by molar-refractivity contribution is 6.08. The molecule has 1 aliphatic carbocycles. The molecule has 39 heavy (non-hydrogen) atoms. The number of hydrogen-bond acceptors (Lipinski definition) is 8. The lowest BCUT2D eigenvalue weighted by Crippen LogP contribution is -2.26. The van der Waals surface area contributed by atoms with Crippen LogP contribution >= 0.6 is 0 Å². The van der Waals surface area contributed by atoms with E-state index < -0.39 is 0 Å². The molecule has 4 aromatic heterocycles. The van der Waals surface area contributed by atoms with E-state index in [0.717, 1.165) is 75.5 Å². The van der Waals surface area contributed by atoms with Crippen molar-refractivity contribution in [1.29, 1.82) is 0 Å². The number of anilines is 1. The largest absolute Gasteiger partial charge is 0.474 e. The van der Waals surface area contributed by atoms with Gasteiger partial charge in [0.1, 0.15) is 17.4 Å². The first-order valence-corrected chi connectivity index (χ1v) is 14.1. The Hall–Kier alpha value is -3.57. The van der Waals surface area contributed by atoms with Crippen LogP contribution in [0, 0.1) is 0 Å². The second-order valence-corrected chi connectivity index (χ2v) is 10.8. The van der Waals surface area contributed by atoms with E-state index in [2.05, 4.69) is 20.4 Å². The van der Waals surface area contributed by atoms with Crippen LogP contribution in [0.3, 0.4) is 0 Å². The van der Waals surface area contributed by atoms with Crippen LogP contribution in [0.25, 0.3) is 16.7 Å². The lowest BCUT2D eigenvalue weighted by atomic mass is 9.96. The molecule has 2 atom stereocenters. The van der Waals surface area contributed by atoms with Crippen LogP contribution in [-0.4, -0.2) is 67.3 Å². The van der Waals surface area contributed by atoms with Gasteiger partial charge in [-0.3, -0.25) is 9.48 Å². The molecule has 3 aliphatic rings. The maximum Gasteiger partial charge on any atom is 0.261 e. The van der Waals surface area contributed by atoms with Crippen LogP contribution < -0.4 is 10.1 Å². The molecule has 0 radical (unpaired) electrons. The number of fused-ring (bicyclic) bond motifs is 2. The van der Waals surface area contributed by atoms with Crippen molar-refractivity contribution >= 4 is 28.3 Å². The number of amides is 1. The van der Waals surface area contributed by atoms with Crippen LogP contribution in [0.15, 0.2) is 30.9 Å². The summed E-state index contributed by atoms with van der Waals surface area (Å²) in [6.07, 6.45) is 16.9. The Kier molecular flexibility index (Phi) is 6.61. The van der Waals surface area contributed by atoms with Gasteiger partial charge in [-0.15, -0.1) is 0 Å². The summed E-state index contributed by atoms with van der Waals surface area (Å²) in [5.74, 6) is -0.00194. The van der Waals surface area contributed by atoms with Gasteiger partial charge in [0, 0.05) is 43.6 Å². The minimum absolute atomic E-state index is 0.0699. The molecule has 0 spiro atoms. The topological polar surface area (TPSA) is 118 Å². The van der Waals surface area contributed by atoms with Crippen molar-refractivity contribution in [2.24, 2.45) is 0 Å². The van der Waals surface area contributed by atoms with Gasteiger partial charge in [0.2, 0.25) is 5.88 Å². The van der Waals surface area contributed by atoms with Crippen molar-refractivity contribution < 1.29 is 19.0 Å². The van der Waals surface area contributed by atoms with Gasteiger partial charge in [0.25, 0.3) is 5.91 Å². The van der Waals surface area contributed by atoms with Crippen LogP contribution in [0.2, 0.25) is 0 Å². The van der Waals surface area contributed by atoms with E-state index in [4.69, 9.17) is 19.3 Å². The Morgan fingerprint density at radius 3 is 2.82 bits per heavy atom. The fraction of sp³-hybridized carbons (Fsp3) is 0.536. The van der Waals surface area contributed by atoms with Crippen molar-refractivity contribution in [2.75, 3.05) is 25.1 Å². The third kappa shape index (κ3) is 5.08. The van der Waals surface area contributed by atoms with Crippen molar-refractivity contribution in [3.63, 3.8) is 0 Å². The number of ether oxygens (including phenoxy) is 3. The first-order chi connectivity index (χ1) is 19.2. The lowest BCUT2D eigenvalue weighted by molar-refractivity contribution is 0.0167. The molecular formula is C28H33N7O4. The minimum Gasteiger partial charge on any atom is -0.474 e. The van der Waals surface area contributed by atoms with E-state index in [1.165, 1.54) is 6.42 Å². The Labute approximate surface area is 225 Å². The van der Waals surface area contributed by atoms with Crippen LogP contribution in [0.1, 0.15) is 73.3 Å². The number of aromatic nitrogens is 6. The monoisotopic (exact) mass is 531 g/mol. The quantitative estimate of drug-likeness (QED) is 0.378. The van der Waals surface area contributed by atoms with Gasteiger partial charge in [-0.2, -0.15) is 15.2 Å². The number of hydrogen-bond donors (Lipinski definition) is 1. The predicted molar refractivity (Wildman–Crippen MR) is 143 cm³/mol. The Bertz CT molecular complexity index is 1480. The number of carbonyl (C=O) groups excluding carboxylic acids is 1. The molecule has 0 aromatic carbocycles. The molecule has 7 rings (SSSR count). The SMILES string of the molecule is O=C(Nc1cnn2cc(CC3CCCCO3)cnc12)c1cc2cn([C@H]3CCCOC3)nc2nc1OC1CCC1. The third-order valence-electron chi connectivity index (χ3n) is 7.96. The van der Waals surface area contributed by atoms with E-state index >= 15 is 0 Å². The zero-order valence-corrected chi connectivity index (χ0v) is 21.9. The van der Waals surface area contributed by atoms with Gasteiger partial charge < -0.3 is 19.5 Å². The van der Waals surface area contributed by atoms with E-state index in [1.54, 1.807) is 10.7 Å². The summed E-state index contributed by atoms with van der Waals surface area (Å²) in [5.41, 5.74) is 3.11. The number of nitrogens with one attached hydrogen (secondary N) is 1. The predicted octanol–water partition coefficient (Wildman–Crippen LogP) is 4.12. The molecule has 11 heteroatoms. The average molecular weight is 532 g/mol. The Morgan fingerprint density at radius 2 is 2.03 bits per heavy atom. The van der Waals surface area contributed by atoms with Crippen LogP contribution in [-0.2, 0) is 15.9 Å². The molecule has 204 valence electrons. The third-order valence-corrected chi connectivity index (χ3v) is 7.96. The highest BCUT2D eigenvalue weighted by Crippen LogP contribution is 2.30. The number of carbonyl (C=O) groups is 1. The van der Waals surface area contributed by atoms with Crippen molar-refractivity contribution in [2.45, 2.75) is 76.0 Å². The standard InChI is InChI=1S/C28H33N7O4/c36-27(31-24-14-30-35-15-18(13-29-26(24)35)11-22-6-1-2-10-38-22)23-12-19-16-34(20-5-4-9-37-17-20)33-25(19)32-28(23)39-21-7-3-8-21/h12-16,20-22H,1-11,17H2,(H,31,36)/t20-,22?/m0/s1. The first kappa shape index (κ1) is 24.5. The number of nitrogens with zero attached hydrogens (tertiary/aromatic N) is 6. The first-order valence-electron chi connectivity index (χ1n) is 14.1. The van der Waals surface area contributed by atoms with E-state index in [9.17, 15) is 4.79 Å². The normalized spacial score (nSPS) is 22.2. The Balaban J connectivity index is 1.15. The summed E-state index contributed by atoms with van der Waals surface area (Å²) in [6.45, 7) is 2.24. The van der Waals surface area contributed by atoms with Crippen molar-refractivity contribution in [1.82, 2.24) is 29.4 Å². The summed E-state index contributed by atoms with van der Waals surface area (Å²) < 4.78 is 21.3. The molecule has 4 aromatic rings. The minimum atomic E-state index is -0.316. The zero-order chi connectivity index (χ0) is 26.2. The van der Waals surface area contributed by atoms with E-state index in [0.29, 0.717) is 35.0 Å². The van der Waals surface area contributed by atoms with Gasteiger partial charge in [-0.05, 0) is 63.0 Å². The fourth-order valence-electron chi connectivity index (χ4n) is 5.50. The van der Waals surface area contributed by atoms with Gasteiger partial charge in [-0.1, -0.05) is 0 Å².